The highest BCUT2D eigenvalue weighted by Crippen LogP contribution is 2.43. The van der Waals surface area contributed by atoms with Crippen molar-refractivity contribution in [3.05, 3.63) is 166 Å². The number of hydrogen-bond donors (Lipinski definition) is 7. The van der Waals surface area contributed by atoms with Gasteiger partial charge < -0.3 is 35.8 Å². The Morgan fingerprint density at radius 1 is 0.711 bits per heavy atom. The molecule has 4 unspecified atom stereocenters. The van der Waals surface area contributed by atoms with Gasteiger partial charge in [0.2, 0.25) is 11.8 Å². The van der Waals surface area contributed by atoms with Crippen LogP contribution in [0.25, 0.3) is 0 Å². The number of benzene rings is 5. The normalized spacial score (nSPS) is 21.7. The van der Waals surface area contributed by atoms with Gasteiger partial charge >= 0.3 is 0 Å². The molecule has 76 heavy (non-hydrogen) atoms. The number of guanidine groups is 2. The van der Waals surface area contributed by atoms with Crippen molar-refractivity contribution >= 4 is 35.5 Å². The maximum atomic E-state index is 14.3. The highest BCUT2D eigenvalue weighted by Gasteiger charge is 2.45. The molecule has 15 heteroatoms. The van der Waals surface area contributed by atoms with Gasteiger partial charge in [0.25, 0.3) is 11.8 Å². The molecule has 0 radical (unpaired) electrons. The molecular weight excluding hydrogens is 957 g/mol. The van der Waals surface area contributed by atoms with Crippen LogP contribution in [0, 0.1) is 10.8 Å². The largest absolute Gasteiger partial charge is 0.485 e. The molecule has 398 valence electrons. The lowest BCUT2D eigenvalue weighted by atomic mass is 9.85. The molecule has 5 atom stereocenters. The number of nitrogens with zero attached hydrogens (tertiary/aromatic N) is 2. The fraction of sp³-hybridized carbons (Fsp3) is 0.410. The van der Waals surface area contributed by atoms with Crippen molar-refractivity contribution < 1.29 is 33.8 Å². The summed E-state index contributed by atoms with van der Waals surface area (Å²) < 4.78 is 12.8. The van der Waals surface area contributed by atoms with Gasteiger partial charge in [-0.25, -0.2) is 0 Å². The first-order chi connectivity index (χ1) is 36.5. The zero-order valence-electron chi connectivity index (χ0n) is 44.5. The first-order valence-corrected chi connectivity index (χ1v) is 27.0. The minimum Gasteiger partial charge on any atom is -0.485 e. The van der Waals surface area contributed by atoms with Crippen LogP contribution in [0.1, 0.15) is 178 Å². The van der Waals surface area contributed by atoms with Crippen LogP contribution in [0.4, 0.5) is 0 Å². The third-order valence-electron chi connectivity index (χ3n) is 16.4. The summed E-state index contributed by atoms with van der Waals surface area (Å²) in [4.78, 5) is 58.8. The molecule has 5 aromatic carbocycles. The van der Waals surface area contributed by atoms with Gasteiger partial charge in [0.05, 0.1) is 37.5 Å². The van der Waals surface area contributed by atoms with Gasteiger partial charge in [-0.1, -0.05) is 113 Å². The molecule has 4 aliphatic rings. The lowest BCUT2D eigenvalue weighted by Gasteiger charge is -2.45. The second-order valence-corrected chi connectivity index (χ2v) is 21.5. The van der Waals surface area contributed by atoms with Crippen molar-refractivity contribution in [2.45, 2.75) is 159 Å². The Morgan fingerprint density at radius 2 is 1.32 bits per heavy atom. The fourth-order valence-corrected chi connectivity index (χ4v) is 11.5. The van der Waals surface area contributed by atoms with Crippen molar-refractivity contribution in [3.8, 4) is 11.5 Å². The highest BCUT2D eigenvalue weighted by molar-refractivity contribution is 6.01. The Labute approximate surface area is 446 Å². The molecule has 7 N–H and O–H groups in total. The number of nitrogens with one attached hydrogen (secondary N) is 6. The molecule has 0 spiro atoms. The maximum absolute atomic E-state index is 14.3. The van der Waals surface area contributed by atoms with E-state index in [1.54, 1.807) is 55.1 Å². The van der Waals surface area contributed by atoms with E-state index in [1.807, 2.05) is 100 Å². The first kappa shape index (κ1) is 53.3. The van der Waals surface area contributed by atoms with Gasteiger partial charge in [-0.05, 0) is 117 Å². The molecular formula is C61H72N8O7. The van der Waals surface area contributed by atoms with Gasteiger partial charge in [-0.2, -0.15) is 0 Å². The SMILES string of the molecule is CCC1(CC)CC(=O)N(Cc2cccc(C(=O)NC3CC(c4cccc(CCC[C@H](c5cccc(C(=O)NC6c7ccccc7OC(C)(C)C6O)c5)N5C(=N)NC(CC)(CC)CC5=O)c4)Oc4ccccc43)c2)C(=N)N1. The molecule has 0 aromatic heterocycles. The van der Waals surface area contributed by atoms with E-state index in [0.29, 0.717) is 78.7 Å². The number of hydrogen-bond acceptors (Lipinski definition) is 9. The summed E-state index contributed by atoms with van der Waals surface area (Å²) in [5, 5.41) is 42.4. The highest BCUT2D eigenvalue weighted by atomic mass is 16.5. The molecule has 4 aliphatic heterocycles. The maximum Gasteiger partial charge on any atom is 0.251 e. The molecule has 4 heterocycles. The Kier molecular flexibility index (Phi) is 15.4. The van der Waals surface area contributed by atoms with Crippen LogP contribution < -0.4 is 30.7 Å². The number of ether oxygens (including phenoxy) is 2. The predicted octanol–water partition coefficient (Wildman–Crippen LogP) is 9.88. The summed E-state index contributed by atoms with van der Waals surface area (Å²) in [5.41, 5.74) is 3.94. The number of fused-ring (bicyclic) bond motifs is 2. The van der Waals surface area contributed by atoms with E-state index >= 15 is 0 Å². The third-order valence-corrected chi connectivity index (χ3v) is 16.4. The smallest absolute Gasteiger partial charge is 0.251 e. The Balaban J connectivity index is 0.905. The predicted molar refractivity (Wildman–Crippen MR) is 292 cm³/mol. The van der Waals surface area contributed by atoms with E-state index in [2.05, 4.69) is 33.4 Å². The Morgan fingerprint density at radius 3 is 2.01 bits per heavy atom. The van der Waals surface area contributed by atoms with E-state index in [9.17, 15) is 29.7 Å². The lowest BCUT2D eigenvalue weighted by molar-refractivity contribution is -0.133. The van der Waals surface area contributed by atoms with Crippen LogP contribution in [-0.4, -0.2) is 73.2 Å². The van der Waals surface area contributed by atoms with E-state index in [0.717, 1.165) is 35.1 Å². The van der Waals surface area contributed by atoms with Gasteiger partial charge in [-0.15, -0.1) is 0 Å². The molecule has 2 saturated heterocycles. The van der Waals surface area contributed by atoms with Crippen LogP contribution in [0.3, 0.4) is 0 Å². The van der Waals surface area contributed by atoms with E-state index in [4.69, 9.17) is 14.9 Å². The van der Waals surface area contributed by atoms with E-state index < -0.39 is 34.9 Å². The summed E-state index contributed by atoms with van der Waals surface area (Å²) in [7, 11) is 0. The van der Waals surface area contributed by atoms with Crippen molar-refractivity contribution in [1.29, 1.82) is 10.8 Å². The summed E-state index contributed by atoms with van der Waals surface area (Å²) in [5.74, 6) is 0.486. The van der Waals surface area contributed by atoms with Crippen LogP contribution in [0.2, 0.25) is 0 Å². The number of carbonyl (C=O) groups is 4. The topological polar surface area (TPSA) is 209 Å². The zero-order chi connectivity index (χ0) is 53.9. The summed E-state index contributed by atoms with van der Waals surface area (Å²) >= 11 is 0. The van der Waals surface area contributed by atoms with Crippen LogP contribution in [0.15, 0.2) is 121 Å². The fourth-order valence-electron chi connectivity index (χ4n) is 11.5. The zero-order valence-corrected chi connectivity index (χ0v) is 44.5. The Hall–Kier alpha value is -7.52. The summed E-state index contributed by atoms with van der Waals surface area (Å²) in [6.45, 7) is 11.9. The van der Waals surface area contributed by atoms with E-state index in [1.165, 1.54) is 4.90 Å². The molecule has 15 nitrogen and oxygen atoms in total. The summed E-state index contributed by atoms with van der Waals surface area (Å²) in [6.07, 6.45) is 4.22. The third kappa shape index (κ3) is 10.9. The average molecular weight is 1030 g/mol. The monoisotopic (exact) mass is 1030 g/mol. The number of rotatable bonds is 17. The quantitative estimate of drug-likeness (QED) is 0.0472. The minimum atomic E-state index is -1.03. The minimum absolute atomic E-state index is 0.0397. The standard InChI is InChI=1S/C61H72N8O7/c1-7-60(8-2)35-51(70)68(57(62)66-60)37-39-21-16-24-42(32-39)55(73)64-46-34-50(75-48-29-13-11-26-44(46)48)41-23-15-19-38(31-41)20-17-28-47(69-52(71)36-61(9-3,10-4)67-58(69)63)40-22-18-25-43(33-40)56(74)65-53-45-27-12-14-30-49(45)76-59(5,6)54(53)72/h11-16,18-19,21-27,29-33,46-47,50,53-54,72H,7-10,17,20,28,34-37H2,1-6H3,(H2,62,66)(H2,63,67)(H,64,73)(H,65,74)/t46?,47-,50?,53?,54?/m1/s1. The molecule has 0 saturated carbocycles. The van der Waals surface area contributed by atoms with Crippen molar-refractivity contribution in [2.24, 2.45) is 0 Å². The number of carbonyl (C=O) groups excluding carboxylic acids is 4. The van der Waals surface area contributed by atoms with Crippen LogP contribution >= 0.6 is 0 Å². The number of aliphatic hydroxyl groups is 1. The van der Waals surface area contributed by atoms with E-state index in [-0.39, 0.29) is 60.7 Å². The van der Waals surface area contributed by atoms with Gasteiger partial charge in [-0.3, -0.25) is 39.8 Å². The molecule has 0 aliphatic carbocycles. The van der Waals surface area contributed by atoms with Gasteiger partial charge in [0.1, 0.15) is 29.3 Å². The summed E-state index contributed by atoms with van der Waals surface area (Å²) in [6, 6.07) is 36.1. The number of para-hydroxylation sites is 2. The molecule has 9 rings (SSSR count). The van der Waals surface area contributed by atoms with Gasteiger partial charge in [0.15, 0.2) is 11.9 Å². The van der Waals surface area contributed by atoms with Gasteiger partial charge in [0, 0.05) is 39.8 Å². The lowest BCUT2D eigenvalue weighted by Crippen LogP contribution is -2.62. The van der Waals surface area contributed by atoms with Crippen molar-refractivity contribution in [3.63, 3.8) is 0 Å². The van der Waals surface area contributed by atoms with Crippen LogP contribution in [0.5, 0.6) is 11.5 Å². The molecule has 5 aromatic rings. The number of aryl methyl sites for hydroxylation is 1. The van der Waals surface area contributed by atoms with Crippen molar-refractivity contribution in [1.82, 2.24) is 31.1 Å². The second-order valence-electron chi connectivity index (χ2n) is 21.5. The number of amides is 4. The van der Waals surface area contributed by atoms with Crippen molar-refractivity contribution in [2.75, 3.05) is 0 Å². The van der Waals surface area contributed by atoms with Crippen LogP contribution in [-0.2, 0) is 22.6 Å². The Bertz CT molecular complexity index is 2980. The first-order valence-electron chi connectivity index (χ1n) is 27.0. The molecule has 4 amide bonds. The average Bonchev–Trinajstić information content (AvgIpc) is 3.42. The second kappa shape index (κ2) is 22.0. The molecule has 2 fully saturated rings. The molecule has 0 bridgehead atoms. The number of aliphatic hydroxyl groups excluding tert-OH is 1.